The van der Waals surface area contributed by atoms with E-state index < -0.39 is 0 Å². The van der Waals surface area contributed by atoms with Gasteiger partial charge in [-0.05, 0) is 49.8 Å². The second-order valence-corrected chi connectivity index (χ2v) is 7.93. The van der Waals surface area contributed by atoms with Gasteiger partial charge in [-0.15, -0.1) is 0 Å². The van der Waals surface area contributed by atoms with Crippen LogP contribution in [0, 0.1) is 0 Å². The number of nitrogens with zero attached hydrogens (tertiary/aromatic N) is 3. The van der Waals surface area contributed by atoms with Crippen molar-refractivity contribution in [1.29, 1.82) is 0 Å². The van der Waals surface area contributed by atoms with Gasteiger partial charge in [0.15, 0.2) is 0 Å². The zero-order valence-corrected chi connectivity index (χ0v) is 18.3. The molecule has 1 N–H and O–H groups in total. The lowest BCUT2D eigenvalue weighted by Crippen LogP contribution is -2.44. The number of amides is 3. The van der Waals surface area contributed by atoms with Gasteiger partial charge in [0, 0.05) is 36.9 Å². The molecule has 30 heavy (non-hydrogen) atoms. The molecule has 6 nitrogen and oxygen atoms in total. The molecule has 0 aliphatic carbocycles. The molecule has 3 rings (SSSR count). The van der Waals surface area contributed by atoms with Crippen molar-refractivity contribution in [1.82, 2.24) is 14.7 Å². The summed E-state index contributed by atoms with van der Waals surface area (Å²) >= 11 is 5.90. The molecule has 0 aromatic heterocycles. The predicted molar refractivity (Wildman–Crippen MR) is 121 cm³/mol. The van der Waals surface area contributed by atoms with E-state index in [-0.39, 0.29) is 18.0 Å². The third kappa shape index (κ3) is 5.52. The van der Waals surface area contributed by atoms with E-state index in [9.17, 15) is 9.59 Å². The van der Waals surface area contributed by atoms with Gasteiger partial charge < -0.3 is 15.1 Å². The molecular formula is C23H29ClN4O2. The molecule has 1 fully saturated rings. The van der Waals surface area contributed by atoms with Gasteiger partial charge in [0.25, 0.3) is 0 Å². The molecule has 0 saturated carbocycles. The van der Waals surface area contributed by atoms with E-state index in [2.05, 4.69) is 17.1 Å². The fourth-order valence-corrected chi connectivity index (χ4v) is 3.78. The zero-order valence-electron chi connectivity index (χ0n) is 17.6. The monoisotopic (exact) mass is 428 g/mol. The van der Waals surface area contributed by atoms with Crippen molar-refractivity contribution in [3.05, 3.63) is 65.2 Å². The summed E-state index contributed by atoms with van der Waals surface area (Å²) in [6, 6.07) is 16.5. The fraction of sp³-hybridized carbons (Fsp3) is 0.391. The summed E-state index contributed by atoms with van der Waals surface area (Å²) in [5, 5.41) is 3.53. The van der Waals surface area contributed by atoms with Crippen LogP contribution in [0.2, 0.25) is 5.02 Å². The first-order chi connectivity index (χ1) is 14.5. The van der Waals surface area contributed by atoms with Gasteiger partial charge in [-0.1, -0.05) is 48.9 Å². The number of nitrogens with one attached hydrogen (secondary N) is 1. The Morgan fingerprint density at radius 1 is 1.00 bits per heavy atom. The van der Waals surface area contributed by atoms with Gasteiger partial charge in [-0.2, -0.15) is 0 Å². The lowest BCUT2D eigenvalue weighted by atomic mass is 10.0. The van der Waals surface area contributed by atoms with Gasteiger partial charge in [-0.25, -0.2) is 4.79 Å². The highest BCUT2D eigenvalue weighted by Gasteiger charge is 2.30. The van der Waals surface area contributed by atoms with Gasteiger partial charge in [0.1, 0.15) is 6.04 Å². The van der Waals surface area contributed by atoms with Gasteiger partial charge in [0.05, 0.1) is 0 Å². The third-order valence-electron chi connectivity index (χ3n) is 5.48. The number of rotatable bonds is 5. The number of hydrogen-bond donors (Lipinski definition) is 1. The Morgan fingerprint density at radius 2 is 1.63 bits per heavy atom. The average Bonchev–Trinajstić information content (AvgIpc) is 3.02. The molecule has 2 aromatic carbocycles. The molecule has 0 radical (unpaired) electrons. The van der Waals surface area contributed by atoms with Gasteiger partial charge in [-0.3, -0.25) is 9.69 Å². The molecule has 1 aliphatic rings. The average molecular weight is 429 g/mol. The Kier molecular flexibility index (Phi) is 7.71. The van der Waals surface area contributed by atoms with Crippen LogP contribution in [0.3, 0.4) is 0 Å². The first-order valence-corrected chi connectivity index (χ1v) is 10.7. The van der Waals surface area contributed by atoms with E-state index in [0.717, 1.165) is 18.5 Å². The second kappa shape index (κ2) is 10.5. The van der Waals surface area contributed by atoms with Crippen LogP contribution in [-0.4, -0.2) is 66.4 Å². The molecule has 1 atom stereocenters. The number of halogens is 1. The van der Waals surface area contributed by atoms with Crippen LogP contribution in [0.4, 0.5) is 10.5 Å². The molecule has 1 heterocycles. The Balaban J connectivity index is 1.65. The first-order valence-electron chi connectivity index (χ1n) is 10.3. The van der Waals surface area contributed by atoms with Crippen LogP contribution in [0.15, 0.2) is 54.6 Å². The lowest BCUT2D eigenvalue weighted by molar-refractivity contribution is -0.136. The Labute approximate surface area is 183 Å². The first kappa shape index (κ1) is 22.1. The third-order valence-corrected chi connectivity index (χ3v) is 5.73. The minimum Gasteiger partial charge on any atom is -0.339 e. The number of urea groups is 1. The van der Waals surface area contributed by atoms with Crippen LogP contribution in [0.25, 0.3) is 0 Å². The fourth-order valence-electron chi connectivity index (χ4n) is 3.65. The molecule has 1 unspecified atom stereocenters. The largest absolute Gasteiger partial charge is 0.339 e. The summed E-state index contributed by atoms with van der Waals surface area (Å²) < 4.78 is 0. The highest BCUT2D eigenvalue weighted by Crippen LogP contribution is 2.23. The molecule has 7 heteroatoms. The van der Waals surface area contributed by atoms with E-state index in [0.29, 0.717) is 36.9 Å². The predicted octanol–water partition coefficient (Wildman–Crippen LogP) is 4.10. The van der Waals surface area contributed by atoms with Crippen molar-refractivity contribution in [2.45, 2.75) is 19.4 Å². The second-order valence-electron chi connectivity index (χ2n) is 7.49. The number of likely N-dealkylation sites (N-methyl/N-ethyl adjacent to an activating group) is 1. The van der Waals surface area contributed by atoms with Crippen molar-refractivity contribution in [3.8, 4) is 0 Å². The molecule has 1 aliphatic heterocycles. The summed E-state index contributed by atoms with van der Waals surface area (Å²) in [6.07, 6.45) is 0.747. The van der Waals surface area contributed by atoms with E-state index >= 15 is 0 Å². The molecule has 0 bridgehead atoms. The molecule has 2 aromatic rings. The van der Waals surface area contributed by atoms with Crippen molar-refractivity contribution >= 4 is 29.2 Å². The summed E-state index contributed by atoms with van der Waals surface area (Å²) in [4.78, 5) is 31.8. The van der Waals surface area contributed by atoms with Gasteiger partial charge >= 0.3 is 6.03 Å². The topological polar surface area (TPSA) is 55.9 Å². The minimum atomic E-state index is -0.314. The van der Waals surface area contributed by atoms with E-state index in [1.807, 2.05) is 42.3 Å². The molecule has 3 amide bonds. The summed E-state index contributed by atoms with van der Waals surface area (Å²) in [6.45, 7) is 5.10. The van der Waals surface area contributed by atoms with E-state index in [1.165, 1.54) is 0 Å². The quantitative estimate of drug-likeness (QED) is 0.780. The highest BCUT2D eigenvalue weighted by atomic mass is 35.5. The number of hydrogen-bond acceptors (Lipinski definition) is 3. The molecule has 160 valence electrons. The highest BCUT2D eigenvalue weighted by molar-refractivity contribution is 6.30. The van der Waals surface area contributed by atoms with Gasteiger partial charge in [0.2, 0.25) is 5.91 Å². The maximum absolute atomic E-state index is 13.4. The van der Waals surface area contributed by atoms with Crippen molar-refractivity contribution < 1.29 is 9.59 Å². The van der Waals surface area contributed by atoms with Crippen molar-refractivity contribution in [2.24, 2.45) is 0 Å². The summed E-state index contributed by atoms with van der Waals surface area (Å²) in [7, 11) is 1.97. The molecule has 0 spiro atoms. The number of anilines is 1. The molecular weight excluding hydrogens is 400 g/mol. The smallest absolute Gasteiger partial charge is 0.321 e. The number of carbonyl (C=O) groups excluding carboxylic acids is 2. The summed E-state index contributed by atoms with van der Waals surface area (Å²) in [5.74, 6) is 0.0884. The maximum Gasteiger partial charge on any atom is 0.321 e. The SMILES string of the molecule is CCN(C)C(C(=O)N1CCCN(C(=O)Nc2ccc(Cl)cc2)CC1)c1ccccc1. The van der Waals surface area contributed by atoms with Crippen LogP contribution in [-0.2, 0) is 4.79 Å². The Hall–Kier alpha value is -2.57. The number of carbonyl (C=O) groups is 2. The van der Waals surface area contributed by atoms with Crippen molar-refractivity contribution in [2.75, 3.05) is 45.1 Å². The van der Waals surface area contributed by atoms with E-state index in [1.54, 1.807) is 29.2 Å². The summed E-state index contributed by atoms with van der Waals surface area (Å²) in [5.41, 5.74) is 1.70. The lowest BCUT2D eigenvalue weighted by Gasteiger charge is -2.31. The van der Waals surface area contributed by atoms with Crippen LogP contribution < -0.4 is 5.32 Å². The normalized spacial score (nSPS) is 15.6. The standard InChI is InChI=1S/C23H29ClN4O2/c1-3-26(2)21(18-8-5-4-6-9-18)22(29)27-14-7-15-28(17-16-27)23(30)25-20-12-10-19(24)11-13-20/h4-6,8-13,21H,3,7,14-17H2,1-2H3,(H,25,30). The zero-order chi connectivity index (χ0) is 21.5. The Morgan fingerprint density at radius 3 is 2.30 bits per heavy atom. The van der Waals surface area contributed by atoms with Crippen molar-refractivity contribution in [3.63, 3.8) is 0 Å². The van der Waals surface area contributed by atoms with Crippen LogP contribution >= 0.6 is 11.6 Å². The maximum atomic E-state index is 13.4. The van der Waals surface area contributed by atoms with E-state index in [4.69, 9.17) is 11.6 Å². The van der Waals surface area contributed by atoms with Crippen LogP contribution in [0.1, 0.15) is 24.9 Å². The number of benzene rings is 2. The van der Waals surface area contributed by atoms with Crippen LogP contribution in [0.5, 0.6) is 0 Å². The molecule has 1 saturated heterocycles. The minimum absolute atomic E-state index is 0.0884. The Bertz CT molecular complexity index is 844.